The van der Waals surface area contributed by atoms with Gasteiger partial charge in [-0.2, -0.15) is 0 Å². The molecule has 0 radical (unpaired) electrons. The fourth-order valence-electron chi connectivity index (χ4n) is 1.58. The van der Waals surface area contributed by atoms with Crippen molar-refractivity contribution in [3.63, 3.8) is 0 Å². The highest BCUT2D eigenvalue weighted by molar-refractivity contribution is 8.76. The van der Waals surface area contributed by atoms with Gasteiger partial charge in [-0.3, -0.25) is 4.79 Å². The van der Waals surface area contributed by atoms with Gasteiger partial charge in [0.2, 0.25) is 5.91 Å². The first-order chi connectivity index (χ1) is 9.31. The Balaban J connectivity index is 2.47. The number of pyridine rings is 1. The Morgan fingerprint density at radius 1 is 1.35 bits per heavy atom. The number of hydrogen-bond donors (Lipinski definition) is 1. The second kappa shape index (κ2) is 7.93. The summed E-state index contributed by atoms with van der Waals surface area (Å²) < 4.78 is 0. The Morgan fingerprint density at radius 3 is 2.60 bits per heavy atom. The van der Waals surface area contributed by atoms with Crippen molar-refractivity contribution in [3.05, 3.63) is 24.4 Å². The third-order valence-electron chi connectivity index (χ3n) is 3.08. The van der Waals surface area contributed by atoms with Crippen LogP contribution in [0, 0.1) is 5.41 Å². The fraction of sp³-hybridized carbons (Fsp3) is 0.600. The quantitative estimate of drug-likeness (QED) is 0.768. The molecule has 1 N–H and O–H groups in total. The standard InChI is InChI=1S/C15H24N2OS2/c1-11(2)17-13(18)10-15(4,5)12(3)19-20-14-8-6-7-9-16-14/h6-9,11-12H,10H2,1-5H3,(H,17,18). The van der Waals surface area contributed by atoms with Gasteiger partial charge in [0.15, 0.2) is 0 Å². The molecule has 20 heavy (non-hydrogen) atoms. The Kier molecular flexibility index (Phi) is 6.89. The number of carbonyl (C=O) groups is 1. The largest absolute Gasteiger partial charge is 0.354 e. The van der Waals surface area contributed by atoms with E-state index < -0.39 is 0 Å². The highest BCUT2D eigenvalue weighted by Crippen LogP contribution is 2.42. The molecule has 0 aromatic carbocycles. The topological polar surface area (TPSA) is 42.0 Å². The van der Waals surface area contributed by atoms with E-state index in [1.807, 2.05) is 32.0 Å². The molecule has 0 fully saturated rings. The lowest BCUT2D eigenvalue weighted by atomic mass is 9.85. The van der Waals surface area contributed by atoms with Crippen molar-refractivity contribution < 1.29 is 4.79 Å². The lowest BCUT2D eigenvalue weighted by molar-refractivity contribution is -0.123. The number of nitrogens with zero attached hydrogens (tertiary/aromatic N) is 1. The molecule has 1 atom stereocenters. The zero-order valence-electron chi connectivity index (χ0n) is 12.8. The van der Waals surface area contributed by atoms with Crippen molar-refractivity contribution in [2.75, 3.05) is 0 Å². The monoisotopic (exact) mass is 312 g/mol. The zero-order chi connectivity index (χ0) is 15.2. The van der Waals surface area contributed by atoms with Crippen LogP contribution in [-0.2, 0) is 4.79 Å². The maximum absolute atomic E-state index is 11.9. The Hall–Kier alpha value is -0.680. The molecular formula is C15H24N2OS2. The number of hydrogen-bond acceptors (Lipinski definition) is 4. The van der Waals surface area contributed by atoms with E-state index in [1.54, 1.807) is 27.8 Å². The first kappa shape index (κ1) is 17.4. The zero-order valence-corrected chi connectivity index (χ0v) is 14.5. The van der Waals surface area contributed by atoms with Gasteiger partial charge in [0, 0.05) is 23.9 Å². The van der Waals surface area contributed by atoms with Gasteiger partial charge in [-0.15, -0.1) is 0 Å². The van der Waals surface area contributed by atoms with Crippen LogP contribution in [0.3, 0.4) is 0 Å². The minimum atomic E-state index is -0.0502. The minimum Gasteiger partial charge on any atom is -0.354 e. The maximum atomic E-state index is 11.9. The summed E-state index contributed by atoms with van der Waals surface area (Å²) in [4.78, 5) is 16.2. The molecule has 0 aliphatic heterocycles. The van der Waals surface area contributed by atoms with Gasteiger partial charge in [-0.1, -0.05) is 37.6 Å². The molecule has 1 amide bonds. The van der Waals surface area contributed by atoms with E-state index in [2.05, 4.69) is 31.1 Å². The van der Waals surface area contributed by atoms with Crippen molar-refractivity contribution in [2.45, 2.75) is 57.4 Å². The van der Waals surface area contributed by atoms with E-state index in [0.717, 1.165) is 5.03 Å². The molecule has 0 aliphatic carbocycles. The molecular weight excluding hydrogens is 288 g/mol. The van der Waals surface area contributed by atoms with Gasteiger partial charge in [0.05, 0.1) is 0 Å². The molecule has 0 saturated carbocycles. The minimum absolute atomic E-state index is 0.0502. The molecule has 0 saturated heterocycles. The Morgan fingerprint density at radius 2 is 2.05 bits per heavy atom. The molecule has 1 rings (SSSR count). The average molecular weight is 313 g/mol. The molecule has 112 valence electrons. The Bertz CT molecular complexity index is 421. The van der Waals surface area contributed by atoms with Crippen molar-refractivity contribution in [1.82, 2.24) is 10.3 Å². The second-order valence-corrected chi connectivity index (χ2v) is 8.44. The lowest BCUT2D eigenvalue weighted by Gasteiger charge is -2.30. The normalized spacial score (nSPS) is 13.3. The highest BCUT2D eigenvalue weighted by atomic mass is 33.1. The summed E-state index contributed by atoms with van der Waals surface area (Å²) in [5.74, 6) is 0.125. The predicted octanol–water partition coefficient (Wildman–Crippen LogP) is 4.15. The molecule has 0 bridgehead atoms. The van der Waals surface area contributed by atoms with Crippen LogP contribution < -0.4 is 5.32 Å². The lowest BCUT2D eigenvalue weighted by Crippen LogP contribution is -2.36. The Labute approximate surface area is 130 Å². The molecule has 1 aromatic rings. The van der Waals surface area contributed by atoms with Gasteiger partial charge in [-0.05, 0) is 42.2 Å². The van der Waals surface area contributed by atoms with Crippen LogP contribution >= 0.6 is 21.6 Å². The van der Waals surface area contributed by atoms with Gasteiger partial charge < -0.3 is 5.32 Å². The van der Waals surface area contributed by atoms with Crippen molar-refractivity contribution in [2.24, 2.45) is 5.41 Å². The van der Waals surface area contributed by atoms with Crippen molar-refractivity contribution in [3.8, 4) is 0 Å². The number of nitrogens with one attached hydrogen (secondary N) is 1. The summed E-state index contributed by atoms with van der Waals surface area (Å²) in [6.07, 6.45) is 2.34. The first-order valence-electron chi connectivity index (χ1n) is 6.85. The van der Waals surface area contributed by atoms with E-state index in [9.17, 15) is 4.79 Å². The molecule has 5 heteroatoms. The summed E-state index contributed by atoms with van der Waals surface area (Å²) in [5, 5.41) is 4.32. The number of amides is 1. The first-order valence-corrected chi connectivity index (χ1v) is 9.06. The smallest absolute Gasteiger partial charge is 0.220 e. The van der Waals surface area contributed by atoms with Crippen LogP contribution in [0.4, 0.5) is 0 Å². The van der Waals surface area contributed by atoms with Crippen molar-refractivity contribution >= 4 is 27.5 Å². The van der Waals surface area contributed by atoms with Gasteiger partial charge in [0.1, 0.15) is 5.03 Å². The van der Waals surface area contributed by atoms with E-state index in [0.29, 0.717) is 11.7 Å². The summed E-state index contributed by atoms with van der Waals surface area (Å²) in [7, 11) is 3.44. The molecule has 1 unspecified atom stereocenters. The van der Waals surface area contributed by atoms with Crippen LogP contribution in [0.5, 0.6) is 0 Å². The molecule has 1 heterocycles. The highest BCUT2D eigenvalue weighted by Gasteiger charge is 2.29. The molecule has 3 nitrogen and oxygen atoms in total. The average Bonchev–Trinajstić information content (AvgIpc) is 2.35. The second-order valence-electron chi connectivity index (χ2n) is 5.88. The molecule has 1 aromatic heterocycles. The molecule has 0 spiro atoms. The summed E-state index contributed by atoms with van der Waals surface area (Å²) >= 11 is 0. The summed E-state index contributed by atoms with van der Waals surface area (Å²) in [6, 6.07) is 6.10. The van der Waals surface area contributed by atoms with Crippen LogP contribution in [0.2, 0.25) is 0 Å². The van der Waals surface area contributed by atoms with E-state index in [4.69, 9.17) is 0 Å². The molecule has 0 aliphatic rings. The number of rotatable bonds is 7. The SMILES string of the molecule is CC(C)NC(=O)CC(C)(C)C(C)SSc1ccccn1. The van der Waals surface area contributed by atoms with Crippen LogP contribution in [-0.4, -0.2) is 22.2 Å². The predicted molar refractivity (Wildman–Crippen MR) is 88.8 cm³/mol. The maximum Gasteiger partial charge on any atom is 0.220 e. The fourth-order valence-corrected chi connectivity index (χ4v) is 4.21. The van der Waals surface area contributed by atoms with E-state index >= 15 is 0 Å². The van der Waals surface area contributed by atoms with Crippen molar-refractivity contribution in [1.29, 1.82) is 0 Å². The number of aromatic nitrogens is 1. The third kappa shape index (κ3) is 6.18. The van der Waals surface area contributed by atoms with Gasteiger partial charge in [-0.25, -0.2) is 4.98 Å². The van der Waals surface area contributed by atoms with Crippen LogP contribution in [0.25, 0.3) is 0 Å². The van der Waals surface area contributed by atoms with Crippen LogP contribution in [0.1, 0.15) is 41.0 Å². The summed E-state index contributed by atoms with van der Waals surface area (Å²) in [6.45, 7) is 10.4. The van der Waals surface area contributed by atoms with Crippen LogP contribution in [0.15, 0.2) is 29.4 Å². The van der Waals surface area contributed by atoms with Gasteiger partial charge in [0.25, 0.3) is 0 Å². The van der Waals surface area contributed by atoms with Gasteiger partial charge >= 0.3 is 0 Å². The summed E-state index contributed by atoms with van der Waals surface area (Å²) in [5.41, 5.74) is -0.0502. The third-order valence-corrected chi connectivity index (χ3v) is 6.18. The number of carbonyl (C=O) groups excluding carboxylic acids is 1. The van der Waals surface area contributed by atoms with E-state index in [-0.39, 0.29) is 17.4 Å². The van der Waals surface area contributed by atoms with E-state index in [1.165, 1.54) is 0 Å².